The van der Waals surface area contributed by atoms with Gasteiger partial charge in [0.05, 0.1) is 11.3 Å². The van der Waals surface area contributed by atoms with Gasteiger partial charge in [-0.1, -0.05) is 35.9 Å². The van der Waals surface area contributed by atoms with Crippen LogP contribution in [0.4, 0.5) is 5.95 Å². The third-order valence-electron chi connectivity index (χ3n) is 4.26. The van der Waals surface area contributed by atoms with E-state index in [1.807, 2.05) is 25.1 Å². The normalized spacial score (nSPS) is 11.3. The van der Waals surface area contributed by atoms with Crippen molar-refractivity contribution in [3.8, 4) is 11.6 Å². The fourth-order valence-corrected chi connectivity index (χ4v) is 2.90. The fourth-order valence-electron chi connectivity index (χ4n) is 2.90. The van der Waals surface area contributed by atoms with Gasteiger partial charge in [0.1, 0.15) is 0 Å². The number of aromatic nitrogens is 3. The number of aryl methyl sites for hydroxylation is 1. The van der Waals surface area contributed by atoms with Gasteiger partial charge in [-0.25, -0.2) is 19.5 Å². The summed E-state index contributed by atoms with van der Waals surface area (Å²) in [7, 11) is 0. The number of rotatable bonds is 3. The molecular weight excluding hydrogens is 340 g/mol. The van der Waals surface area contributed by atoms with E-state index in [1.54, 1.807) is 48.8 Å². The molecule has 0 saturated heterocycles. The lowest BCUT2D eigenvalue weighted by atomic mass is 10.1. The molecule has 0 aliphatic heterocycles. The molecule has 27 heavy (non-hydrogen) atoms. The van der Waals surface area contributed by atoms with Gasteiger partial charge in [0, 0.05) is 29.4 Å². The maximum absolute atomic E-state index is 13.0. The summed E-state index contributed by atoms with van der Waals surface area (Å²) in [5, 5.41) is 12.0. The molecule has 1 N–H and O–H groups in total. The highest BCUT2D eigenvalue weighted by Gasteiger charge is 2.16. The first-order valence-corrected chi connectivity index (χ1v) is 8.40. The molecular formula is C21H16N4O2. The van der Waals surface area contributed by atoms with Gasteiger partial charge in [-0.15, -0.1) is 0 Å². The molecule has 4 aromatic rings. The maximum Gasteiger partial charge on any atom is 0.265 e. The average molecular weight is 356 g/mol. The number of hydrogen-bond donors (Lipinski definition) is 1. The molecule has 0 fully saturated rings. The molecule has 0 aliphatic carbocycles. The minimum absolute atomic E-state index is 0.178. The molecule has 132 valence electrons. The van der Waals surface area contributed by atoms with E-state index in [-0.39, 0.29) is 17.4 Å². The molecule has 2 heterocycles. The standard InChI is InChI=1S/C21H16N4O2/c1-14-7-9-15(10-8-14)25-19(26)17-6-3-2-5-16(17)18(20(25)27)13-24-21-22-11-4-12-23-21/h2-13,27H,1H3. The van der Waals surface area contributed by atoms with E-state index in [4.69, 9.17) is 0 Å². The smallest absolute Gasteiger partial charge is 0.265 e. The third kappa shape index (κ3) is 3.08. The molecule has 0 unspecified atom stereocenters. The summed E-state index contributed by atoms with van der Waals surface area (Å²) in [6, 6.07) is 16.2. The molecule has 0 radical (unpaired) electrons. The van der Waals surface area contributed by atoms with Crippen LogP contribution in [-0.2, 0) is 0 Å². The summed E-state index contributed by atoms with van der Waals surface area (Å²) in [6.45, 7) is 1.96. The largest absolute Gasteiger partial charge is 0.494 e. The van der Waals surface area contributed by atoms with Gasteiger partial charge >= 0.3 is 0 Å². The van der Waals surface area contributed by atoms with Gasteiger partial charge in [-0.05, 0) is 31.2 Å². The molecule has 0 saturated carbocycles. The van der Waals surface area contributed by atoms with Crippen LogP contribution >= 0.6 is 0 Å². The second-order valence-electron chi connectivity index (χ2n) is 6.07. The Labute approximate surface area is 155 Å². The van der Waals surface area contributed by atoms with Crippen molar-refractivity contribution in [2.45, 2.75) is 6.92 Å². The van der Waals surface area contributed by atoms with Gasteiger partial charge in [-0.3, -0.25) is 4.79 Å². The molecule has 0 bridgehead atoms. The summed E-state index contributed by atoms with van der Waals surface area (Å²) in [5.74, 6) is 0.0938. The summed E-state index contributed by atoms with van der Waals surface area (Å²) in [6.07, 6.45) is 4.66. The zero-order valence-corrected chi connectivity index (χ0v) is 14.6. The van der Waals surface area contributed by atoms with E-state index in [9.17, 15) is 9.90 Å². The fraction of sp³-hybridized carbons (Fsp3) is 0.0476. The SMILES string of the molecule is Cc1ccc(-n2c(O)c(C=Nc3ncccn3)c3ccccc3c2=O)cc1. The molecule has 0 atom stereocenters. The monoisotopic (exact) mass is 356 g/mol. The summed E-state index contributed by atoms with van der Waals surface area (Å²) in [4.78, 5) is 25.3. The quantitative estimate of drug-likeness (QED) is 0.569. The number of hydrogen-bond acceptors (Lipinski definition) is 5. The third-order valence-corrected chi connectivity index (χ3v) is 4.26. The number of aliphatic imine (C=N–C) groups is 1. The minimum atomic E-state index is -0.292. The lowest BCUT2D eigenvalue weighted by Crippen LogP contribution is -2.20. The Hall–Kier alpha value is -3.80. The van der Waals surface area contributed by atoms with Crippen LogP contribution in [-0.4, -0.2) is 25.9 Å². The van der Waals surface area contributed by atoms with Crippen LogP contribution in [0, 0.1) is 6.92 Å². The molecule has 6 nitrogen and oxygen atoms in total. The van der Waals surface area contributed by atoms with Gasteiger partial charge in [0.25, 0.3) is 5.56 Å². The van der Waals surface area contributed by atoms with Crippen molar-refractivity contribution in [1.82, 2.24) is 14.5 Å². The van der Waals surface area contributed by atoms with Gasteiger partial charge < -0.3 is 5.11 Å². The van der Waals surface area contributed by atoms with E-state index < -0.39 is 0 Å². The maximum atomic E-state index is 13.0. The highest BCUT2D eigenvalue weighted by molar-refractivity contribution is 6.02. The Morgan fingerprint density at radius 3 is 2.33 bits per heavy atom. The van der Waals surface area contributed by atoms with Crippen molar-refractivity contribution in [1.29, 1.82) is 0 Å². The van der Waals surface area contributed by atoms with Crippen LogP contribution in [0.15, 0.2) is 76.8 Å². The van der Waals surface area contributed by atoms with E-state index in [1.165, 1.54) is 10.8 Å². The zero-order chi connectivity index (χ0) is 18.8. The molecule has 2 aromatic heterocycles. The molecule has 2 aromatic carbocycles. The summed E-state index contributed by atoms with van der Waals surface area (Å²) >= 11 is 0. The molecule has 6 heteroatoms. The van der Waals surface area contributed by atoms with Crippen molar-refractivity contribution in [3.05, 3.63) is 88.5 Å². The van der Waals surface area contributed by atoms with Crippen molar-refractivity contribution in [2.75, 3.05) is 0 Å². The summed E-state index contributed by atoms with van der Waals surface area (Å²) < 4.78 is 1.29. The lowest BCUT2D eigenvalue weighted by molar-refractivity contribution is 0.436. The predicted octanol–water partition coefficient (Wildman–Crippen LogP) is 3.55. The van der Waals surface area contributed by atoms with Crippen LogP contribution in [0.3, 0.4) is 0 Å². The van der Waals surface area contributed by atoms with Crippen LogP contribution < -0.4 is 5.56 Å². The molecule has 0 aliphatic rings. The van der Waals surface area contributed by atoms with Crippen molar-refractivity contribution < 1.29 is 5.11 Å². The first-order chi connectivity index (χ1) is 13.1. The van der Waals surface area contributed by atoms with Gasteiger partial charge in [0.15, 0.2) is 0 Å². The van der Waals surface area contributed by atoms with E-state index >= 15 is 0 Å². The number of aromatic hydroxyl groups is 1. The Balaban J connectivity index is 1.99. The van der Waals surface area contributed by atoms with Crippen LogP contribution in [0.5, 0.6) is 5.88 Å². The average Bonchev–Trinajstić information content (AvgIpc) is 2.70. The first kappa shape index (κ1) is 16.7. The second-order valence-corrected chi connectivity index (χ2v) is 6.07. The number of fused-ring (bicyclic) bond motifs is 1. The van der Waals surface area contributed by atoms with E-state index in [0.717, 1.165) is 5.56 Å². The Morgan fingerprint density at radius 2 is 1.63 bits per heavy atom. The highest BCUT2D eigenvalue weighted by Crippen LogP contribution is 2.26. The van der Waals surface area contributed by atoms with Gasteiger partial charge in [-0.2, -0.15) is 0 Å². The van der Waals surface area contributed by atoms with E-state index in [2.05, 4.69) is 15.0 Å². The van der Waals surface area contributed by atoms with Crippen LogP contribution in [0.1, 0.15) is 11.1 Å². The predicted molar refractivity (Wildman–Crippen MR) is 105 cm³/mol. The summed E-state index contributed by atoms with van der Waals surface area (Å²) in [5.41, 5.74) is 1.79. The molecule has 0 amide bonds. The number of benzene rings is 2. The Kier molecular flexibility index (Phi) is 4.22. The lowest BCUT2D eigenvalue weighted by Gasteiger charge is -2.13. The number of pyridine rings is 1. The van der Waals surface area contributed by atoms with Crippen molar-refractivity contribution in [2.24, 2.45) is 4.99 Å². The molecule has 0 spiro atoms. The topological polar surface area (TPSA) is 80.4 Å². The van der Waals surface area contributed by atoms with E-state index in [0.29, 0.717) is 22.0 Å². The van der Waals surface area contributed by atoms with Crippen molar-refractivity contribution >= 4 is 22.9 Å². The van der Waals surface area contributed by atoms with Crippen molar-refractivity contribution in [3.63, 3.8) is 0 Å². The molecule has 4 rings (SSSR count). The Bertz CT molecular complexity index is 1200. The number of nitrogens with zero attached hydrogens (tertiary/aromatic N) is 4. The van der Waals surface area contributed by atoms with Crippen LogP contribution in [0.2, 0.25) is 0 Å². The van der Waals surface area contributed by atoms with Crippen LogP contribution in [0.25, 0.3) is 16.5 Å². The minimum Gasteiger partial charge on any atom is -0.494 e. The highest BCUT2D eigenvalue weighted by atomic mass is 16.3. The zero-order valence-electron chi connectivity index (χ0n) is 14.6. The Morgan fingerprint density at radius 1 is 0.963 bits per heavy atom. The first-order valence-electron chi connectivity index (χ1n) is 8.40. The van der Waals surface area contributed by atoms with Gasteiger partial charge in [0.2, 0.25) is 11.8 Å². The second kappa shape index (κ2) is 6.84.